The minimum absolute atomic E-state index is 0.0398. The predicted octanol–water partition coefficient (Wildman–Crippen LogP) is 4.16. The van der Waals surface area contributed by atoms with Crippen molar-refractivity contribution in [1.82, 2.24) is 14.9 Å². The van der Waals surface area contributed by atoms with Crippen LogP contribution in [0.25, 0.3) is 0 Å². The van der Waals surface area contributed by atoms with Crippen molar-refractivity contribution in [2.75, 3.05) is 27.0 Å². The largest absolute Gasteiger partial charge is 0.497 e. The van der Waals surface area contributed by atoms with E-state index in [9.17, 15) is 23.1 Å². The number of nitrogens with two attached hydrogens (primary N) is 1. The molecule has 4 atom stereocenters. The summed E-state index contributed by atoms with van der Waals surface area (Å²) in [5.41, 5.74) is 6.43. The fourth-order valence-corrected chi connectivity index (χ4v) is 6.60. The second-order valence-corrected chi connectivity index (χ2v) is 14.3. The van der Waals surface area contributed by atoms with Gasteiger partial charge in [-0.15, -0.1) is 0 Å². The molecule has 1 aliphatic rings. The van der Waals surface area contributed by atoms with Crippen LogP contribution in [0.1, 0.15) is 55.5 Å². The summed E-state index contributed by atoms with van der Waals surface area (Å²) in [4.78, 5) is 26.9. The van der Waals surface area contributed by atoms with E-state index in [0.29, 0.717) is 19.4 Å². The lowest BCUT2D eigenvalue weighted by Crippen LogP contribution is -2.54. The van der Waals surface area contributed by atoms with Crippen LogP contribution < -0.4 is 21.1 Å². The number of rotatable bonds is 15. The van der Waals surface area contributed by atoms with Gasteiger partial charge in [0, 0.05) is 25.1 Å². The second-order valence-electron chi connectivity index (χ2n) is 12.3. The Balaban J connectivity index is 1.81. The van der Waals surface area contributed by atoms with E-state index in [-0.39, 0.29) is 22.9 Å². The molecule has 10 nitrogen and oxygen atoms in total. The summed E-state index contributed by atoms with van der Waals surface area (Å²) in [6, 6.07) is 26.1. The highest BCUT2D eigenvalue weighted by Gasteiger charge is 2.49. The summed E-state index contributed by atoms with van der Waals surface area (Å²) < 4.78 is 32.3. The Kier molecular flexibility index (Phi) is 11.9. The van der Waals surface area contributed by atoms with Crippen LogP contribution in [0.3, 0.4) is 0 Å². The van der Waals surface area contributed by atoms with Crippen LogP contribution in [-0.2, 0) is 26.0 Å². The first kappa shape index (κ1) is 36.4. The number of carbonyl (C=O) groups excluding carboxylic acids is 2. The number of hydrogen-bond acceptors (Lipinski definition) is 7. The molecule has 0 spiro atoms. The number of carbonyl (C=O) groups is 2. The third kappa shape index (κ3) is 8.71. The molecule has 0 aliphatic heterocycles. The molecule has 0 unspecified atom stereocenters. The van der Waals surface area contributed by atoms with E-state index in [2.05, 4.69) is 10.6 Å². The molecule has 11 heteroatoms. The number of nitrogens with zero attached hydrogens (tertiary/aromatic N) is 1. The number of primary amides is 1. The van der Waals surface area contributed by atoms with Crippen molar-refractivity contribution in [3.63, 3.8) is 0 Å². The molecule has 256 valence electrons. The number of methoxy groups -OCH3 is 1. The zero-order chi connectivity index (χ0) is 35.1. The molecule has 0 heterocycles. The van der Waals surface area contributed by atoms with Crippen molar-refractivity contribution in [3.05, 3.63) is 125 Å². The van der Waals surface area contributed by atoms with Gasteiger partial charge in [-0.3, -0.25) is 13.9 Å². The van der Waals surface area contributed by atoms with Gasteiger partial charge in [-0.1, -0.05) is 72.8 Å². The Morgan fingerprint density at radius 1 is 0.958 bits per heavy atom. The summed E-state index contributed by atoms with van der Waals surface area (Å²) in [5, 5.41) is 19.1. The number of benzene rings is 3. The van der Waals surface area contributed by atoms with Gasteiger partial charge in [0.25, 0.3) is 5.91 Å². The molecule has 3 aromatic rings. The maximum absolute atomic E-state index is 14.3. The predicted molar refractivity (Wildman–Crippen MR) is 187 cm³/mol. The SMILES string of the molecule is COc1ccc([C@@H](C)NCC[C@H](Cc2ccccc2)C2=C(N(C)S(C)(=O)=O)C=C(C(N)=O)C[C@]2(O)C(=O)N[C@@H](C)c2ccccc2)cc1. The minimum atomic E-state index is -3.90. The first-order chi connectivity index (χ1) is 22.7. The smallest absolute Gasteiger partial charge is 0.257 e. The average Bonchev–Trinajstić information content (AvgIpc) is 3.07. The summed E-state index contributed by atoms with van der Waals surface area (Å²) in [7, 11) is -0.936. The van der Waals surface area contributed by atoms with Gasteiger partial charge in [0.1, 0.15) is 5.75 Å². The van der Waals surface area contributed by atoms with Crippen molar-refractivity contribution in [3.8, 4) is 5.75 Å². The van der Waals surface area contributed by atoms with E-state index < -0.39 is 45.8 Å². The van der Waals surface area contributed by atoms with Crippen LogP contribution in [0.15, 0.2) is 108 Å². The molecule has 5 N–H and O–H groups in total. The molecule has 0 radical (unpaired) electrons. The van der Waals surface area contributed by atoms with Gasteiger partial charge < -0.3 is 26.2 Å². The summed E-state index contributed by atoms with van der Waals surface area (Å²) in [6.07, 6.45) is 2.83. The number of sulfonamides is 1. The Bertz CT molecular complexity index is 1740. The van der Waals surface area contributed by atoms with E-state index >= 15 is 0 Å². The summed E-state index contributed by atoms with van der Waals surface area (Å²) >= 11 is 0. The molecule has 0 fully saturated rings. The Morgan fingerprint density at radius 3 is 2.10 bits per heavy atom. The monoisotopic (exact) mass is 674 g/mol. The van der Waals surface area contributed by atoms with E-state index in [1.165, 1.54) is 13.1 Å². The fourth-order valence-electron chi connectivity index (χ4n) is 6.10. The van der Waals surface area contributed by atoms with Crippen LogP contribution in [0.4, 0.5) is 0 Å². The van der Waals surface area contributed by atoms with Gasteiger partial charge in [0.2, 0.25) is 15.9 Å². The summed E-state index contributed by atoms with van der Waals surface area (Å²) in [6.45, 7) is 4.30. The van der Waals surface area contributed by atoms with Gasteiger partial charge in [-0.2, -0.15) is 0 Å². The molecular weight excluding hydrogens is 628 g/mol. The maximum Gasteiger partial charge on any atom is 0.257 e. The van der Waals surface area contributed by atoms with E-state index in [4.69, 9.17) is 10.5 Å². The molecule has 1 aliphatic carbocycles. The van der Waals surface area contributed by atoms with Gasteiger partial charge in [-0.25, -0.2) is 8.42 Å². The third-order valence-electron chi connectivity index (χ3n) is 8.95. The molecule has 0 saturated heterocycles. The van der Waals surface area contributed by atoms with Crippen molar-refractivity contribution in [2.45, 2.75) is 50.8 Å². The van der Waals surface area contributed by atoms with Gasteiger partial charge in [-0.05, 0) is 79.6 Å². The number of ether oxygens (including phenoxy) is 1. The molecule has 3 aromatic carbocycles. The third-order valence-corrected chi connectivity index (χ3v) is 10.1. The van der Waals surface area contributed by atoms with Crippen molar-refractivity contribution in [1.29, 1.82) is 0 Å². The molecular formula is C37H46N4O6S. The van der Waals surface area contributed by atoms with Gasteiger partial charge in [0.15, 0.2) is 5.60 Å². The standard InChI is InChI=1S/C37H46N4O6S/c1-25(29-16-18-32(47-4)19-17-29)39-21-20-30(22-27-12-8-6-9-13-27)34-33(41(3)48(5,45)46)23-31(35(38)42)24-37(34,44)36(43)40-26(2)28-14-10-7-11-15-28/h6-19,23,25-26,30,39,44H,20-22,24H2,1-5H3,(H2,38,42)(H,40,43)/t25-,26+,30-,37-/m1/s1. The number of aliphatic hydroxyl groups is 1. The average molecular weight is 675 g/mol. The van der Waals surface area contributed by atoms with Crippen LogP contribution in [0.5, 0.6) is 5.75 Å². The normalized spacial score (nSPS) is 18.3. The number of likely N-dealkylation sites (N-methyl/N-ethyl adjacent to an activating group) is 1. The molecule has 48 heavy (non-hydrogen) atoms. The minimum Gasteiger partial charge on any atom is -0.497 e. The number of nitrogens with one attached hydrogen (secondary N) is 2. The zero-order valence-corrected chi connectivity index (χ0v) is 29.0. The number of amides is 2. The van der Waals surface area contributed by atoms with E-state index in [1.807, 2.05) is 91.9 Å². The molecule has 2 amide bonds. The van der Waals surface area contributed by atoms with E-state index in [1.54, 1.807) is 14.0 Å². The first-order valence-corrected chi connectivity index (χ1v) is 17.8. The summed E-state index contributed by atoms with van der Waals surface area (Å²) in [5.74, 6) is -1.39. The highest BCUT2D eigenvalue weighted by atomic mass is 32.2. The van der Waals surface area contributed by atoms with Crippen molar-refractivity contribution >= 4 is 21.8 Å². The lowest BCUT2D eigenvalue weighted by atomic mass is 9.71. The second kappa shape index (κ2) is 15.6. The van der Waals surface area contributed by atoms with Crippen LogP contribution in [-0.4, -0.2) is 62.2 Å². The number of hydrogen-bond donors (Lipinski definition) is 4. The van der Waals surface area contributed by atoms with Crippen LogP contribution in [0.2, 0.25) is 0 Å². The zero-order valence-electron chi connectivity index (χ0n) is 28.1. The van der Waals surface area contributed by atoms with Gasteiger partial charge in [0.05, 0.1) is 25.1 Å². The quantitative estimate of drug-likeness (QED) is 0.189. The molecule has 0 bridgehead atoms. The van der Waals surface area contributed by atoms with E-state index in [0.717, 1.165) is 33.0 Å². The van der Waals surface area contributed by atoms with Gasteiger partial charge >= 0.3 is 0 Å². The highest BCUT2D eigenvalue weighted by molar-refractivity contribution is 7.88. The lowest BCUT2D eigenvalue weighted by Gasteiger charge is -2.41. The fraction of sp³-hybridized carbons (Fsp3) is 0.351. The topological polar surface area (TPSA) is 151 Å². The number of allylic oxidation sites excluding steroid dienone is 1. The Morgan fingerprint density at radius 2 is 1.54 bits per heavy atom. The lowest BCUT2D eigenvalue weighted by molar-refractivity contribution is -0.138. The molecule has 0 saturated carbocycles. The van der Waals surface area contributed by atoms with Crippen LogP contribution in [0, 0.1) is 5.92 Å². The molecule has 0 aromatic heterocycles. The maximum atomic E-state index is 14.3. The van der Waals surface area contributed by atoms with Crippen LogP contribution >= 0.6 is 0 Å². The Labute approximate surface area is 283 Å². The Hall–Kier alpha value is -4.45. The highest BCUT2D eigenvalue weighted by Crippen LogP contribution is 2.42. The van der Waals surface area contributed by atoms with Crippen molar-refractivity contribution in [2.24, 2.45) is 11.7 Å². The molecule has 4 rings (SSSR count). The first-order valence-electron chi connectivity index (χ1n) is 15.9. The van der Waals surface area contributed by atoms with Crippen molar-refractivity contribution < 1.29 is 27.9 Å².